The summed E-state index contributed by atoms with van der Waals surface area (Å²) < 4.78 is 2.14. The maximum atomic E-state index is 11.9. The zero-order valence-electron chi connectivity index (χ0n) is 9.26. The van der Waals surface area contributed by atoms with Gasteiger partial charge in [0.15, 0.2) is 5.16 Å². The van der Waals surface area contributed by atoms with Crippen LogP contribution in [0.2, 0.25) is 0 Å². The van der Waals surface area contributed by atoms with Crippen molar-refractivity contribution in [3.63, 3.8) is 0 Å². The van der Waals surface area contributed by atoms with Gasteiger partial charge in [0.2, 0.25) is 0 Å². The lowest BCUT2D eigenvalue weighted by Crippen LogP contribution is -2.16. The van der Waals surface area contributed by atoms with Gasteiger partial charge in [0, 0.05) is 16.6 Å². The van der Waals surface area contributed by atoms with Crippen LogP contribution >= 0.6 is 27.7 Å². The van der Waals surface area contributed by atoms with E-state index in [-0.39, 0.29) is 5.56 Å². The second-order valence-corrected chi connectivity index (χ2v) is 6.81. The number of aromatic nitrogens is 2. The van der Waals surface area contributed by atoms with E-state index in [1.54, 1.807) is 11.8 Å². The standard InChI is InChI=1S/C12H11BrN2OS/c1-7(13)10-6-15-9-5-3-2-4-8(9)11(16)14-12(15)17-10/h2-5,7,10H,6H2,1H3. The molecule has 1 aliphatic heterocycles. The van der Waals surface area contributed by atoms with Crippen molar-refractivity contribution in [3.8, 4) is 0 Å². The summed E-state index contributed by atoms with van der Waals surface area (Å²) in [5.74, 6) is 0. The summed E-state index contributed by atoms with van der Waals surface area (Å²) >= 11 is 5.28. The minimum atomic E-state index is -0.123. The van der Waals surface area contributed by atoms with E-state index in [9.17, 15) is 4.79 Å². The van der Waals surface area contributed by atoms with Crippen LogP contribution in [0, 0.1) is 0 Å². The minimum Gasteiger partial charge on any atom is -0.319 e. The van der Waals surface area contributed by atoms with Crippen LogP contribution in [-0.4, -0.2) is 19.6 Å². The van der Waals surface area contributed by atoms with Gasteiger partial charge in [-0.15, -0.1) is 0 Å². The number of para-hydroxylation sites is 1. The number of hydrogen-bond acceptors (Lipinski definition) is 3. The molecule has 3 nitrogen and oxygen atoms in total. The Hall–Kier alpha value is -0.810. The van der Waals surface area contributed by atoms with Crippen molar-refractivity contribution in [2.24, 2.45) is 0 Å². The van der Waals surface area contributed by atoms with E-state index in [1.165, 1.54) is 0 Å². The predicted octanol–water partition coefficient (Wildman–Crippen LogP) is 2.65. The molecule has 88 valence electrons. The molecule has 0 saturated heterocycles. The van der Waals surface area contributed by atoms with Gasteiger partial charge >= 0.3 is 0 Å². The van der Waals surface area contributed by atoms with Crippen molar-refractivity contribution in [2.75, 3.05) is 0 Å². The molecular formula is C12H11BrN2OS. The van der Waals surface area contributed by atoms with E-state index < -0.39 is 0 Å². The van der Waals surface area contributed by atoms with Crippen molar-refractivity contribution in [3.05, 3.63) is 34.6 Å². The third-order valence-corrected chi connectivity index (χ3v) is 5.36. The molecular weight excluding hydrogens is 300 g/mol. The van der Waals surface area contributed by atoms with Crippen molar-refractivity contribution < 1.29 is 0 Å². The summed E-state index contributed by atoms with van der Waals surface area (Å²) in [5.41, 5.74) is 0.868. The van der Waals surface area contributed by atoms with Gasteiger partial charge in [-0.3, -0.25) is 4.79 Å². The highest BCUT2D eigenvalue weighted by molar-refractivity contribution is 9.09. The minimum absolute atomic E-state index is 0.123. The highest BCUT2D eigenvalue weighted by atomic mass is 79.9. The molecule has 1 aromatic carbocycles. The Kier molecular flexibility index (Phi) is 2.75. The number of alkyl halides is 1. The molecule has 0 aliphatic carbocycles. The summed E-state index contributed by atoms with van der Waals surface area (Å²) in [7, 11) is 0. The lowest BCUT2D eigenvalue weighted by Gasteiger charge is -2.10. The van der Waals surface area contributed by atoms with E-state index in [2.05, 4.69) is 32.4 Å². The summed E-state index contributed by atoms with van der Waals surface area (Å²) in [6, 6.07) is 7.67. The summed E-state index contributed by atoms with van der Waals surface area (Å²) in [6.45, 7) is 3.03. The van der Waals surface area contributed by atoms with Crippen LogP contribution in [0.1, 0.15) is 6.92 Å². The molecule has 0 radical (unpaired) electrons. The van der Waals surface area contributed by atoms with Gasteiger partial charge in [-0.05, 0) is 12.1 Å². The molecule has 0 saturated carbocycles. The Morgan fingerprint density at radius 3 is 3.06 bits per heavy atom. The molecule has 1 aromatic heterocycles. The molecule has 5 heteroatoms. The fourth-order valence-corrected chi connectivity index (χ4v) is 3.67. The maximum absolute atomic E-state index is 11.9. The zero-order valence-corrected chi connectivity index (χ0v) is 11.7. The van der Waals surface area contributed by atoms with Crippen LogP contribution in [0.15, 0.2) is 34.2 Å². The van der Waals surface area contributed by atoms with Crippen molar-refractivity contribution in [1.29, 1.82) is 0 Å². The average Bonchev–Trinajstić information content (AvgIpc) is 2.73. The Bertz CT molecular complexity index is 638. The summed E-state index contributed by atoms with van der Waals surface area (Å²) in [4.78, 5) is 16.4. The van der Waals surface area contributed by atoms with Crippen LogP contribution < -0.4 is 5.56 Å². The fraction of sp³-hybridized carbons (Fsp3) is 0.333. The van der Waals surface area contributed by atoms with Gasteiger partial charge in [-0.1, -0.05) is 46.7 Å². The van der Waals surface area contributed by atoms with Gasteiger partial charge in [0.25, 0.3) is 5.56 Å². The molecule has 0 fully saturated rings. The lowest BCUT2D eigenvalue weighted by molar-refractivity contribution is 0.644. The number of hydrogen-bond donors (Lipinski definition) is 0. The molecule has 2 unspecified atom stereocenters. The summed E-state index contributed by atoms with van der Waals surface area (Å²) in [5, 5.41) is 1.98. The smallest absolute Gasteiger partial charge is 0.281 e. The molecule has 2 atom stereocenters. The molecule has 17 heavy (non-hydrogen) atoms. The number of rotatable bonds is 1. The van der Waals surface area contributed by atoms with Gasteiger partial charge in [-0.25, -0.2) is 0 Å². The topological polar surface area (TPSA) is 34.9 Å². The number of fused-ring (bicyclic) bond motifs is 3. The first-order chi connectivity index (χ1) is 8.16. The second-order valence-electron chi connectivity index (χ2n) is 4.16. The van der Waals surface area contributed by atoms with Crippen LogP contribution in [0.4, 0.5) is 0 Å². The molecule has 1 aliphatic rings. The van der Waals surface area contributed by atoms with E-state index >= 15 is 0 Å². The van der Waals surface area contributed by atoms with Gasteiger partial charge in [0.05, 0.1) is 10.9 Å². The number of benzene rings is 1. The third kappa shape index (κ3) is 1.81. The number of halogens is 1. The first kappa shape index (κ1) is 11.3. The van der Waals surface area contributed by atoms with Gasteiger partial charge in [-0.2, -0.15) is 4.98 Å². The van der Waals surface area contributed by atoms with Crippen molar-refractivity contribution in [2.45, 2.75) is 28.7 Å². The highest BCUT2D eigenvalue weighted by Crippen LogP contribution is 2.35. The monoisotopic (exact) mass is 310 g/mol. The Labute approximate surface area is 111 Å². The normalized spacial score (nSPS) is 20.5. The molecule has 0 spiro atoms. The molecule has 2 aromatic rings. The Balaban J connectivity index is 2.23. The molecule has 3 rings (SSSR count). The second kappa shape index (κ2) is 4.14. The Morgan fingerprint density at radius 1 is 1.53 bits per heavy atom. The highest BCUT2D eigenvalue weighted by Gasteiger charge is 2.27. The third-order valence-electron chi connectivity index (χ3n) is 2.98. The molecule has 0 amide bonds. The number of thioether (sulfide) groups is 1. The van der Waals surface area contributed by atoms with E-state index in [4.69, 9.17) is 0 Å². The SMILES string of the molecule is CC(Br)C1Cn2c(nc(=O)c3ccccc32)S1. The summed E-state index contributed by atoms with van der Waals surface area (Å²) in [6.07, 6.45) is 0. The van der Waals surface area contributed by atoms with Gasteiger partial charge < -0.3 is 4.57 Å². The zero-order chi connectivity index (χ0) is 12.0. The maximum Gasteiger partial charge on any atom is 0.281 e. The molecule has 0 N–H and O–H groups in total. The van der Waals surface area contributed by atoms with Crippen molar-refractivity contribution >= 4 is 38.6 Å². The molecule has 0 bridgehead atoms. The first-order valence-corrected chi connectivity index (χ1v) is 7.26. The van der Waals surface area contributed by atoms with Crippen molar-refractivity contribution in [1.82, 2.24) is 9.55 Å². The fourth-order valence-electron chi connectivity index (χ4n) is 2.06. The lowest BCUT2D eigenvalue weighted by atomic mass is 10.2. The van der Waals surface area contributed by atoms with Crippen LogP contribution in [-0.2, 0) is 6.54 Å². The van der Waals surface area contributed by atoms with E-state index in [0.717, 1.165) is 17.2 Å². The Morgan fingerprint density at radius 2 is 2.29 bits per heavy atom. The van der Waals surface area contributed by atoms with E-state index in [0.29, 0.717) is 15.5 Å². The predicted molar refractivity (Wildman–Crippen MR) is 74.0 cm³/mol. The number of nitrogens with zero attached hydrogens (tertiary/aromatic N) is 2. The first-order valence-electron chi connectivity index (χ1n) is 5.47. The van der Waals surface area contributed by atoms with Crippen LogP contribution in [0.25, 0.3) is 10.9 Å². The van der Waals surface area contributed by atoms with Crippen LogP contribution in [0.3, 0.4) is 0 Å². The quantitative estimate of drug-likeness (QED) is 0.600. The average molecular weight is 311 g/mol. The largest absolute Gasteiger partial charge is 0.319 e. The van der Waals surface area contributed by atoms with Crippen LogP contribution in [0.5, 0.6) is 0 Å². The molecule has 2 heterocycles. The van der Waals surface area contributed by atoms with Gasteiger partial charge in [0.1, 0.15) is 0 Å². The van der Waals surface area contributed by atoms with E-state index in [1.807, 2.05) is 24.3 Å².